The number of pyridine rings is 1. The molecule has 0 aliphatic carbocycles. The summed E-state index contributed by atoms with van der Waals surface area (Å²) >= 11 is 0. The second-order valence-electron chi connectivity index (χ2n) is 11.7. The molecule has 3 aliphatic heterocycles. The van der Waals surface area contributed by atoms with E-state index in [1.54, 1.807) is 12.4 Å². The van der Waals surface area contributed by atoms with Gasteiger partial charge in [-0.1, -0.05) is 0 Å². The molecule has 0 spiro atoms. The fourth-order valence-electron chi connectivity index (χ4n) is 6.26. The van der Waals surface area contributed by atoms with Gasteiger partial charge in [0, 0.05) is 54.4 Å². The van der Waals surface area contributed by atoms with Crippen LogP contribution in [0, 0.1) is 25.2 Å². The molecule has 3 aliphatic rings. The highest BCUT2D eigenvalue weighted by Crippen LogP contribution is 2.37. The Balaban J connectivity index is 1.25. The van der Waals surface area contributed by atoms with E-state index in [1.165, 1.54) is 0 Å². The quantitative estimate of drug-likeness (QED) is 0.358. The number of nitriles is 1. The smallest absolute Gasteiger partial charge is 0.146 e. The molecule has 0 radical (unpaired) electrons. The minimum absolute atomic E-state index is 0.204. The Hall–Kier alpha value is -4.07. The van der Waals surface area contributed by atoms with Crippen molar-refractivity contribution in [1.29, 1.82) is 5.26 Å². The average Bonchev–Trinajstić information content (AvgIpc) is 3.34. The van der Waals surface area contributed by atoms with Gasteiger partial charge in [0.25, 0.3) is 0 Å². The highest BCUT2D eigenvalue weighted by Gasteiger charge is 2.46. The van der Waals surface area contributed by atoms with E-state index in [2.05, 4.69) is 36.3 Å². The van der Waals surface area contributed by atoms with E-state index in [0.717, 1.165) is 58.5 Å². The monoisotopic (exact) mass is 538 g/mol. The number of ether oxygens (including phenoxy) is 1. The highest BCUT2D eigenvalue weighted by molar-refractivity contribution is 5.94. The first kappa shape index (κ1) is 26.2. The molecule has 2 N–H and O–H groups in total. The van der Waals surface area contributed by atoms with E-state index in [9.17, 15) is 10.4 Å². The molecule has 10 heteroatoms. The molecule has 3 unspecified atom stereocenters. The topological polar surface area (TPSA) is 127 Å². The van der Waals surface area contributed by atoms with Crippen molar-refractivity contribution in [1.82, 2.24) is 30.3 Å². The third-order valence-electron chi connectivity index (χ3n) is 8.00. The first-order valence-corrected chi connectivity index (χ1v) is 13.7. The second kappa shape index (κ2) is 9.84. The maximum Gasteiger partial charge on any atom is 0.146 e. The molecule has 3 fully saturated rings. The lowest BCUT2D eigenvalue weighted by atomic mass is 9.85. The summed E-state index contributed by atoms with van der Waals surface area (Å²) in [6.45, 7) is 11.9. The van der Waals surface area contributed by atoms with Crippen molar-refractivity contribution in [2.75, 3.05) is 24.5 Å². The summed E-state index contributed by atoms with van der Waals surface area (Å²) in [4.78, 5) is 9.34. The summed E-state index contributed by atoms with van der Waals surface area (Å²) in [7, 11) is 0. The summed E-state index contributed by atoms with van der Waals surface area (Å²) in [6, 6.07) is 10.8. The van der Waals surface area contributed by atoms with E-state index < -0.39 is 5.60 Å². The van der Waals surface area contributed by atoms with Crippen molar-refractivity contribution >= 4 is 16.7 Å². The SMILES string of the molecule is Cc1cnnc(C)c1C(C)Oc1ccc2[nH]nc(-c3cnc(N4CC5CC(C4)N5CC(C)(C)O)c(C#N)c3)c2c1. The number of H-pyrrole nitrogens is 1. The standard InChI is InChI=1S/C30H34N8O2/c1-17-12-33-34-18(2)27(17)19(3)40-24-6-7-26-25(10-24)28(36-35-26)21-8-20(11-31)29(32-13-21)37-14-22-9-23(15-37)38(22)16-30(4,5)39/h6-8,10,12-13,19,22-23,39H,9,14-16H2,1-5H3,(H,35,36). The van der Waals surface area contributed by atoms with Crippen LogP contribution in [-0.2, 0) is 0 Å². The number of aromatic nitrogens is 5. The normalized spacial score (nSPS) is 19.8. The van der Waals surface area contributed by atoms with Gasteiger partial charge >= 0.3 is 0 Å². The number of nitrogens with zero attached hydrogens (tertiary/aromatic N) is 7. The van der Waals surface area contributed by atoms with Gasteiger partial charge in [-0.25, -0.2) is 4.98 Å². The Kier molecular flexibility index (Phi) is 6.44. The number of hydrogen-bond donors (Lipinski definition) is 2. The van der Waals surface area contributed by atoms with E-state index >= 15 is 0 Å². The van der Waals surface area contributed by atoms with Crippen LogP contribution >= 0.6 is 0 Å². The summed E-state index contributed by atoms with van der Waals surface area (Å²) < 4.78 is 6.32. The third kappa shape index (κ3) is 4.76. The molecule has 0 amide bonds. The van der Waals surface area contributed by atoms with Crippen LogP contribution in [-0.4, -0.2) is 72.7 Å². The maximum absolute atomic E-state index is 10.3. The van der Waals surface area contributed by atoms with E-state index in [0.29, 0.717) is 35.8 Å². The van der Waals surface area contributed by atoms with Gasteiger partial charge in [0.2, 0.25) is 0 Å². The molecule has 3 aromatic heterocycles. The molecule has 6 heterocycles. The molecular weight excluding hydrogens is 504 g/mol. The van der Waals surface area contributed by atoms with Crippen LogP contribution in [0.1, 0.15) is 55.7 Å². The Labute approximate surface area is 233 Å². The number of fused-ring (bicyclic) bond motifs is 3. The predicted molar refractivity (Wildman–Crippen MR) is 152 cm³/mol. The van der Waals surface area contributed by atoms with Gasteiger partial charge < -0.3 is 14.7 Å². The van der Waals surface area contributed by atoms with Crippen molar-refractivity contribution in [2.24, 2.45) is 0 Å². The number of aliphatic hydroxyl groups is 1. The number of anilines is 1. The second-order valence-corrected chi connectivity index (χ2v) is 11.7. The minimum atomic E-state index is -0.722. The van der Waals surface area contributed by atoms with Crippen LogP contribution < -0.4 is 9.64 Å². The van der Waals surface area contributed by atoms with Gasteiger partial charge in [-0.15, -0.1) is 0 Å². The Morgan fingerprint density at radius 2 is 1.98 bits per heavy atom. The van der Waals surface area contributed by atoms with Crippen molar-refractivity contribution in [3.8, 4) is 23.1 Å². The number of piperidine rings is 1. The molecule has 3 atom stereocenters. The maximum atomic E-state index is 10.3. The van der Waals surface area contributed by atoms with E-state index in [-0.39, 0.29) is 6.10 Å². The van der Waals surface area contributed by atoms with Gasteiger partial charge in [-0.2, -0.15) is 20.6 Å². The van der Waals surface area contributed by atoms with Crippen LogP contribution in [0.5, 0.6) is 5.75 Å². The predicted octanol–water partition coefficient (Wildman–Crippen LogP) is 4.08. The molecule has 0 saturated carbocycles. The van der Waals surface area contributed by atoms with Gasteiger partial charge in [0.05, 0.1) is 28.6 Å². The number of benzene rings is 1. The zero-order valence-electron chi connectivity index (χ0n) is 23.5. The largest absolute Gasteiger partial charge is 0.486 e. The minimum Gasteiger partial charge on any atom is -0.486 e. The summed E-state index contributed by atoms with van der Waals surface area (Å²) in [5.74, 6) is 1.42. The van der Waals surface area contributed by atoms with Crippen LogP contribution in [0.3, 0.4) is 0 Å². The molecule has 7 rings (SSSR count). The number of nitrogens with one attached hydrogen (secondary N) is 1. The zero-order chi connectivity index (χ0) is 28.2. The Morgan fingerprint density at radius 3 is 2.67 bits per heavy atom. The number of aryl methyl sites for hydroxylation is 2. The van der Waals surface area contributed by atoms with Crippen molar-refractivity contribution in [3.63, 3.8) is 0 Å². The highest BCUT2D eigenvalue weighted by atomic mass is 16.5. The van der Waals surface area contributed by atoms with Crippen molar-refractivity contribution in [3.05, 3.63) is 59.0 Å². The lowest BCUT2D eigenvalue weighted by molar-refractivity contribution is -0.0618. The van der Waals surface area contributed by atoms with Crippen LogP contribution in [0.2, 0.25) is 0 Å². The average molecular weight is 539 g/mol. The van der Waals surface area contributed by atoms with E-state index in [1.807, 2.05) is 58.9 Å². The number of hydrogen-bond acceptors (Lipinski definition) is 9. The first-order valence-electron chi connectivity index (χ1n) is 13.7. The molecular formula is C30H34N8O2. The van der Waals surface area contributed by atoms with Crippen molar-refractivity contribution in [2.45, 2.75) is 64.8 Å². The molecule has 10 nitrogen and oxygen atoms in total. The molecule has 206 valence electrons. The molecule has 4 aromatic rings. The lowest BCUT2D eigenvalue weighted by Crippen LogP contribution is -2.70. The molecule has 3 saturated heterocycles. The third-order valence-corrected chi connectivity index (χ3v) is 8.00. The van der Waals surface area contributed by atoms with Crippen LogP contribution in [0.15, 0.2) is 36.7 Å². The van der Waals surface area contributed by atoms with Gasteiger partial charge in [-0.05, 0) is 70.9 Å². The van der Waals surface area contributed by atoms with Gasteiger partial charge in [0.1, 0.15) is 29.4 Å². The van der Waals surface area contributed by atoms with Crippen LogP contribution in [0.25, 0.3) is 22.2 Å². The Bertz CT molecular complexity index is 1590. The molecule has 2 bridgehead atoms. The van der Waals surface area contributed by atoms with Crippen molar-refractivity contribution < 1.29 is 9.84 Å². The van der Waals surface area contributed by atoms with E-state index in [4.69, 9.17) is 9.72 Å². The zero-order valence-corrected chi connectivity index (χ0v) is 23.5. The summed E-state index contributed by atoms with van der Waals surface area (Å²) in [5, 5.41) is 37.1. The summed E-state index contributed by atoms with van der Waals surface area (Å²) in [6.07, 6.45) is 4.46. The fraction of sp³-hybridized carbons (Fsp3) is 0.433. The fourth-order valence-corrected chi connectivity index (χ4v) is 6.26. The molecule has 40 heavy (non-hydrogen) atoms. The molecule has 1 aromatic carbocycles. The Morgan fingerprint density at radius 1 is 1.20 bits per heavy atom. The van der Waals surface area contributed by atoms with Gasteiger partial charge in [-0.3, -0.25) is 10.00 Å². The number of aromatic amines is 1. The van der Waals surface area contributed by atoms with Gasteiger partial charge in [0.15, 0.2) is 0 Å². The summed E-state index contributed by atoms with van der Waals surface area (Å²) in [5.41, 5.74) is 5.09. The lowest BCUT2D eigenvalue weighted by Gasteiger charge is -2.57. The first-order chi connectivity index (χ1) is 19.1. The number of piperazine rings is 1. The van der Waals surface area contributed by atoms with Crippen LogP contribution in [0.4, 0.5) is 5.82 Å². The number of rotatable bonds is 7.